The van der Waals surface area contributed by atoms with Crippen LogP contribution in [0.25, 0.3) is 0 Å². The van der Waals surface area contributed by atoms with E-state index in [9.17, 15) is 0 Å². The molecule has 0 radical (unpaired) electrons. The second kappa shape index (κ2) is 8.49. The Morgan fingerprint density at radius 2 is 2.10 bits per heavy atom. The summed E-state index contributed by atoms with van der Waals surface area (Å²) in [5.74, 6) is 8.49. The van der Waals surface area contributed by atoms with Crippen molar-refractivity contribution in [2.75, 3.05) is 0 Å². The van der Waals surface area contributed by atoms with Gasteiger partial charge in [0.1, 0.15) is 12.2 Å². The average molecular weight is 293 g/mol. The molecule has 1 heterocycles. The molecule has 120 valence electrons. The van der Waals surface area contributed by atoms with Gasteiger partial charge in [-0.15, -0.1) is 0 Å². The summed E-state index contributed by atoms with van der Waals surface area (Å²) in [7, 11) is 0. The number of nitrogens with one attached hydrogen (secondary N) is 1. The summed E-state index contributed by atoms with van der Waals surface area (Å²) in [6.45, 7) is 5.25. The Bertz CT molecular complexity index is 395. The van der Waals surface area contributed by atoms with Crippen molar-refractivity contribution in [3.05, 3.63) is 12.2 Å². The normalized spacial score (nSPS) is 24.1. The van der Waals surface area contributed by atoms with Crippen molar-refractivity contribution in [1.29, 1.82) is 0 Å². The van der Waals surface area contributed by atoms with Crippen molar-refractivity contribution in [2.24, 2.45) is 17.7 Å². The highest BCUT2D eigenvalue weighted by molar-refractivity contribution is 4.92. The molecule has 5 nitrogen and oxygen atoms in total. The molecule has 0 saturated heterocycles. The lowest BCUT2D eigenvalue weighted by molar-refractivity contribution is 0.209. The molecule has 1 unspecified atom stereocenters. The van der Waals surface area contributed by atoms with Crippen molar-refractivity contribution in [3.63, 3.8) is 0 Å². The predicted octanol–water partition coefficient (Wildman–Crippen LogP) is 2.67. The van der Waals surface area contributed by atoms with Gasteiger partial charge in [0.25, 0.3) is 0 Å². The molecule has 1 aliphatic carbocycles. The number of unbranched alkanes of at least 4 members (excludes halogenated alkanes) is 1. The summed E-state index contributed by atoms with van der Waals surface area (Å²) in [5, 5.41) is 4.25. The summed E-state index contributed by atoms with van der Waals surface area (Å²) in [5.41, 5.74) is 3.04. The molecule has 21 heavy (non-hydrogen) atoms. The second-order valence-corrected chi connectivity index (χ2v) is 6.39. The van der Waals surface area contributed by atoms with Crippen molar-refractivity contribution in [3.8, 4) is 0 Å². The zero-order valence-electron chi connectivity index (χ0n) is 13.6. The minimum absolute atomic E-state index is 0.326. The average Bonchev–Trinajstić information content (AvgIpc) is 2.98. The molecule has 1 aromatic rings. The maximum atomic E-state index is 5.82. The van der Waals surface area contributed by atoms with E-state index in [1.54, 1.807) is 6.33 Å². The first-order chi connectivity index (χ1) is 10.3. The quantitative estimate of drug-likeness (QED) is 0.571. The summed E-state index contributed by atoms with van der Waals surface area (Å²) in [6.07, 6.45) is 12.0. The molecule has 1 saturated carbocycles. The maximum Gasteiger partial charge on any atom is 0.138 e. The molecule has 0 spiro atoms. The molecule has 1 aliphatic rings. The SMILES string of the molecule is CCCCC1CCC(C(Cc2ncnn2CC)NN)CC1. The van der Waals surface area contributed by atoms with E-state index in [0.29, 0.717) is 12.0 Å². The summed E-state index contributed by atoms with van der Waals surface area (Å²) < 4.78 is 1.97. The molecular formula is C16H31N5. The van der Waals surface area contributed by atoms with Crippen LogP contribution in [-0.4, -0.2) is 20.8 Å². The van der Waals surface area contributed by atoms with Crippen LogP contribution in [-0.2, 0) is 13.0 Å². The minimum Gasteiger partial charge on any atom is -0.271 e. The van der Waals surface area contributed by atoms with Gasteiger partial charge in [0.15, 0.2) is 0 Å². The fourth-order valence-corrected chi connectivity index (χ4v) is 3.64. The fraction of sp³-hybridized carbons (Fsp3) is 0.875. The van der Waals surface area contributed by atoms with Crippen molar-refractivity contribution < 1.29 is 0 Å². The van der Waals surface area contributed by atoms with Gasteiger partial charge in [-0.3, -0.25) is 16.0 Å². The number of rotatable bonds is 8. The predicted molar refractivity (Wildman–Crippen MR) is 85.5 cm³/mol. The fourth-order valence-electron chi connectivity index (χ4n) is 3.64. The standard InChI is InChI=1S/C16H31N5/c1-3-5-6-13-7-9-14(10-8-13)15(20-17)11-16-18-12-19-21(16)4-2/h12-15,20H,3-11,17H2,1-2H3. The van der Waals surface area contributed by atoms with E-state index in [0.717, 1.165) is 24.7 Å². The summed E-state index contributed by atoms with van der Waals surface area (Å²) in [6, 6.07) is 0.326. The van der Waals surface area contributed by atoms with E-state index in [1.807, 2.05) is 4.68 Å². The number of hydrogen-bond acceptors (Lipinski definition) is 4. The van der Waals surface area contributed by atoms with Crippen LogP contribution < -0.4 is 11.3 Å². The number of nitrogens with zero attached hydrogens (tertiary/aromatic N) is 3. The smallest absolute Gasteiger partial charge is 0.138 e. The Morgan fingerprint density at radius 3 is 2.71 bits per heavy atom. The highest BCUT2D eigenvalue weighted by Gasteiger charge is 2.27. The van der Waals surface area contributed by atoms with E-state index < -0.39 is 0 Å². The zero-order chi connectivity index (χ0) is 15.1. The molecule has 0 amide bonds. The van der Waals surface area contributed by atoms with Crippen LogP contribution in [0.3, 0.4) is 0 Å². The Morgan fingerprint density at radius 1 is 1.33 bits per heavy atom. The van der Waals surface area contributed by atoms with Gasteiger partial charge in [0.2, 0.25) is 0 Å². The topological polar surface area (TPSA) is 68.8 Å². The minimum atomic E-state index is 0.326. The van der Waals surface area contributed by atoms with Crippen LogP contribution in [0.15, 0.2) is 6.33 Å². The van der Waals surface area contributed by atoms with Crippen LogP contribution in [0.1, 0.15) is 64.6 Å². The summed E-state index contributed by atoms with van der Waals surface area (Å²) in [4.78, 5) is 4.38. The summed E-state index contributed by atoms with van der Waals surface area (Å²) >= 11 is 0. The van der Waals surface area contributed by atoms with Gasteiger partial charge >= 0.3 is 0 Å². The molecule has 0 bridgehead atoms. The Hall–Kier alpha value is -0.940. The third-order valence-corrected chi connectivity index (χ3v) is 5.04. The van der Waals surface area contributed by atoms with Crippen LogP contribution in [0.4, 0.5) is 0 Å². The van der Waals surface area contributed by atoms with Gasteiger partial charge in [-0.1, -0.05) is 39.0 Å². The molecule has 1 aromatic heterocycles. The van der Waals surface area contributed by atoms with Crippen molar-refractivity contribution >= 4 is 0 Å². The number of aromatic nitrogens is 3. The van der Waals surface area contributed by atoms with Gasteiger partial charge in [0.05, 0.1) is 0 Å². The van der Waals surface area contributed by atoms with Gasteiger partial charge in [-0.2, -0.15) is 5.10 Å². The molecule has 0 aromatic carbocycles. The van der Waals surface area contributed by atoms with Gasteiger partial charge in [-0.05, 0) is 31.6 Å². The third-order valence-electron chi connectivity index (χ3n) is 5.04. The van der Waals surface area contributed by atoms with Crippen molar-refractivity contribution in [2.45, 2.75) is 77.8 Å². The molecular weight excluding hydrogens is 262 g/mol. The van der Waals surface area contributed by atoms with Crippen LogP contribution in [0, 0.1) is 11.8 Å². The van der Waals surface area contributed by atoms with E-state index in [2.05, 4.69) is 29.4 Å². The molecule has 3 N–H and O–H groups in total. The first-order valence-corrected chi connectivity index (χ1v) is 8.61. The Balaban J connectivity index is 1.85. The highest BCUT2D eigenvalue weighted by atomic mass is 15.3. The lowest BCUT2D eigenvalue weighted by atomic mass is 9.76. The number of nitrogens with two attached hydrogens (primary N) is 1. The van der Waals surface area contributed by atoms with Gasteiger partial charge in [-0.25, -0.2) is 4.98 Å². The monoisotopic (exact) mass is 293 g/mol. The van der Waals surface area contributed by atoms with E-state index >= 15 is 0 Å². The largest absolute Gasteiger partial charge is 0.271 e. The van der Waals surface area contributed by atoms with Gasteiger partial charge in [0, 0.05) is 19.0 Å². The third kappa shape index (κ3) is 4.51. The first-order valence-electron chi connectivity index (χ1n) is 8.61. The molecule has 0 aliphatic heterocycles. The first kappa shape index (κ1) is 16.4. The molecule has 5 heteroatoms. The van der Waals surface area contributed by atoms with Crippen LogP contribution in [0.5, 0.6) is 0 Å². The second-order valence-electron chi connectivity index (χ2n) is 6.39. The van der Waals surface area contributed by atoms with E-state index in [4.69, 9.17) is 5.84 Å². The Labute approximate surface area is 128 Å². The molecule has 2 rings (SSSR count). The highest BCUT2D eigenvalue weighted by Crippen LogP contribution is 2.34. The van der Waals surface area contributed by atoms with E-state index in [1.165, 1.54) is 44.9 Å². The van der Waals surface area contributed by atoms with Gasteiger partial charge < -0.3 is 0 Å². The zero-order valence-corrected chi connectivity index (χ0v) is 13.6. The lowest BCUT2D eigenvalue weighted by Crippen LogP contribution is -2.44. The number of aryl methyl sites for hydroxylation is 1. The molecule has 1 atom stereocenters. The Kier molecular flexibility index (Phi) is 6.64. The number of hydrazine groups is 1. The molecule has 1 fully saturated rings. The number of hydrogen-bond donors (Lipinski definition) is 2. The van der Waals surface area contributed by atoms with E-state index in [-0.39, 0.29) is 0 Å². The van der Waals surface area contributed by atoms with Crippen LogP contribution in [0.2, 0.25) is 0 Å². The van der Waals surface area contributed by atoms with Crippen molar-refractivity contribution in [1.82, 2.24) is 20.2 Å². The van der Waals surface area contributed by atoms with Crippen LogP contribution >= 0.6 is 0 Å². The maximum absolute atomic E-state index is 5.82. The lowest BCUT2D eigenvalue weighted by Gasteiger charge is -2.33.